The number of imidazole rings is 2. The van der Waals surface area contributed by atoms with Gasteiger partial charge in [-0.15, -0.1) is 0 Å². The van der Waals surface area contributed by atoms with E-state index in [0.29, 0.717) is 24.7 Å². The van der Waals surface area contributed by atoms with E-state index < -0.39 is 0 Å². The number of hydrogen-bond acceptors (Lipinski definition) is 4. The second-order valence-electron chi connectivity index (χ2n) is 10.8. The molecule has 1 unspecified atom stereocenters. The van der Waals surface area contributed by atoms with Crippen LogP contribution in [-0.4, -0.2) is 30.9 Å². The number of rotatable bonds is 5. The summed E-state index contributed by atoms with van der Waals surface area (Å²) in [5, 5.41) is 0. The van der Waals surface area contributed by atoms with Gasteiger partial charge in [-0.3, -0.25) is 18.7 Å². The molecule has 0 spiro atoms. The smallest absolute Gasteiger partial charge is 0.235 e. The maximum Gasteiger partial charge on any atom is 0.235 e. The first-order valence-electron chi connectivity index (χ1n) is 12.8. The van der Waals surface area contributed by atoms with Crippen LogP contribution < -0.4 is 0 Å². The van der Waals surface area contributed by atoms with Crippen molar-refractivity contribution in [3.63, 3.8) is 0 Å². The molecule has 6 nitrogen and oxygen atoms in total. The summed E-state index contributed by atoms with van der Waals surface area (Å²) in [7, 11) is 0. The highest BCUT2D eigenvalue weighted by atomic mass is 16.2. The van der Waals surface area contributed by atoms with Gasteiger partial charge in [0.1, 0.15) is 11.6 Å². The summed E-state index contributed by atoms with van der Waals surface area (Å²) in [5.74, 6) is 2.75. The highest BCUT2D eigenvalue weighted by Gasteiger charge is 2.35. The summed E-state index contributed by atoms with van der Waals surface area (Å²) in [6.07, 6.45) is 5.18. The molecule has 182 valence electrons. The van der Waals surface area contributed by atoms with Gasteiger partial charge in [-0.1, -0.05) is 76.2 Å². The second kappa shape index (κ2) is 8.40. The number of fused-ring (bicyclic) bond motifs is 2. The number of aromatic nitrogens is 4. The van der Waals surface area contributed by atoms with Gasteiger partial charge in [-0.25, -0.2) is 9.97 Å². The SMILES string of the molecule is CC(C)C1Cc2nc(-c3ccc(-c4ccc(-c5cn6c(n5)C[C@H](C(C)C)C6=O)cc4)cc3)cn2C1=O. The second-order valence-corrected chi connectivity index (χ2v) is 10.8. The molecule has 2 aromatic carbocycles. The van der Waals surface area contributed by atoms with Gasteiger partial charge in [0.05, 0.1) is 11.4 Å². The molecule has 4 aromatic rings. The van der Waals surface area contributed by atoms with E-state index in [-0.39, 0.29) is 23.7 Å². The van der Waals surface area contributed by atoms with Crippen molar-refractivity contribution in [3.8, 4) is 33.6 Å². The van der Waals surface area contributed by atoms with Crippen molar-refractivity contribution >= 4 is 11.8 Å². The molecule has 0 aliphatic carbocycles. The van der Waals surface area contributed by atoms with E-state index in [9.17, 15) is 9.59 Å². The van der Waals surface area contributed by atoms with Crippen LogP contribution in [0.25, 0.3) is 33.6 Å². The van der Waals surface area contributed by atoms with Crippen LogP contribution in [-0.2, 0) is 12.8 Å². The van der Waals surface area contributed by atoms with Gasteiger partial charge in [0.15, 0.2) is 0 Å². The summed E-state index contributed by atoms with van der Waals surface area (Å²) in [6.45, 7) is 8.36. The molecule has 4 heterocycles. The molecule has 0 amide bonds. The minimum absolute atomic E-state index is 0.0347. The van der Waals surface area contributed by atoms with Crippen molar-refractivity contribution in [2.75, 3.05) is 0 Å². The van der Waals surface area contributed by atoms with Crippen molar-refractivity contribution < 1.29 is 9.59 Å². The largest absolute Gasteiger partial charge is 0.274 e. The van der Waals surface area contributed by atoms with Gasteiger partial charge in [0.2, 0.25) is 11.8 Å². The zero-order chi connectivity index (χ0) is 25.1. The van der Waals surface area contributed by atoms with Crippen LogP contribution in [0.4, 0.5) is 0 Å². The monoisotopic (exact) mass is 478 g/mol. The first kappa shape index (κ1) is 22.7. The lowest BCUT2D eigenvalue weighted by Gasteiger charge is -2.11. The molecule has 0 radical (unpaired) electrons. The molecule has 2 aromatic heterocycles. The normalized spacial score (nSPS) is 18.9. The van der Waals surface area contributed by atoms with E-state index in [1.165, 1.54) is 0 Å². The Morgan fingerprint density at radius 3 is 1.25 bits per heavy atom. The fraction of sp³-hybridized carbons (Fsp3) is 0.333. The molecule has 2 aliphatic rings. The zero-order valence-electron chi connectivity index (χ0n) is 21.1. The Kier molecular flexibility index (Phi) is 5.29. The number of hydrogen-bond donors (Lipinski definition) is 0. The molecule has 0 saturated heterocycles. The summed E-state index contributed by atoms with van der Waals surface area (Å²) >= 11 is 0. The predicted octanol–water partition coefficient (Wildman–Crippen LogP) is 6.02. The molecule has 2 aliphatic heterocycles. The summed E-state index contributed by atoms with van der Waals surface area (Å²) < 4.78 is 3.46. The van der Waals surface area contributed by atoms with Crippen molar-refractivity contribution in [1.29, 1.82) is 0 Å². The van der Waals surface area contributed by atoms with Crippen molar-refractivity contribution in [3.05, 3.63) is 72.6 Å². The molecule has 6 rings (SSSR count). The maximum atomic E-state index is 12.7. The van der Waals surface area contributed by atoms with E-state index in [2.05, 4.69) is 76.2 Å². The highest BCUT2D eigenvalue weighted by Crippen LogP contribution is 2.32. The lowest BCUT2D eigenvalue weighted by molar-refractivity contribution is 0.0826. The highest BCUT2D eigenvalue weighted by molar-refractivity contribution is 5.87. The van der Waals surface area contributed by atoms with Gasteiger partial charge >= 0.3 is 0 Å². The van der Waals surface area contributed by atoms with Gasteiger partial charge in [-0.05, 0) is 23.0 Å². The Morgan fingerprint density at radius 1 is 0.611 bits per heavy atom. The lowest BCUT2D eigenvalue weighted by atomic mass is 9.94. The molecule has 0 saturated carbocycles. The van der Waals surface area contributed by atoms with Crippen molar-refractivity contribution in [1.82, 2.24) is 19.1 Å². The summed E-state index contributed by atoms with van der Waals surface area (Å²) in [4.78, 5) is 34.8. The van der Waals surface area contributed by atoms with Crippen LogP contribution in [0.5, 0.6) is 0 Å². The van der Waals surface area contributed by atoms with Gasteiger partial charge in [-0.2, -0.15) is 0 Å². The van der Waals surface area contributed by atoms with Crippen LogP contribution in [0.1, 0.15) is 48.9 Å². The topological polar surface area (TPSA) is 69.8 Å². The summed E-state index contributed by atoms with van der Waals surface area (Å²) in [6, 6.07) is 16.6. The number of benzene rings is 2. The zero-order valence-corrected chi connectivity index (χ0v) is 21.1. The van der Waals surface area contributed by atoms with E-state index in [1.54, 1.807) is 9.13 Å². The first-order valence-corrected chi connectivity index (χ1v) is 12.8. The third kappa shape index (κ3) is 3.63. The average molecular weight is 479 g/mol. The van der Waals surface area contributed by atoms with Crippen LogP contribution >= 0.6 is 0 Å². The first-order chi connectivity index (χ1) is 17.3. The Labute approximate surface area is 211 Å². The molecule has 0 N–H and O–H groups in total. The fourth-order valence-electron chi connectivity index (χ4n) is 5.42. The Morgan fingerprint density at radius 2 is 0.944 bits per heavy atom. The number of carbonyl (C=O) groups excluding carboxylic acids is 2. The predicted molar refractivity (Wildman–Crippen MR) is 140 cm³/mol. The quantitative estimate of drug-likeness (QED) is 0.352. The van der Waals surface area contributed by atoms with Crippen LogP contribution in [0.2, 0.25) is 0 Å². The Hall–Kier alpha value is -3.80. The Bertz CT molecular complexity index is 1360. The molecular weight excluding hydrogens is 448 g/mol. The van der Waals surface area contributed by atoms with Crippen LogP contribution in [0.15, 0.2) is 60.9 Å². The lowest BCUT2D eigenvalue weighted by Crippen LogP contribution is -2.19. The third-order valence-electron chi connectivity index (χ3n) is 7.78. The van der Waals surface area contributed by atoms with E-state index >= 15 is 0 Å². The van der Waals surface area contributed by atoms with Gasteiger partial charge in [0, 0.05) is 48.2 Å². The number of carbonyl (C=O) groups is 2. The molecule has 2 atom stereocenters. The van der Waals surface area contributed by atoms with Crippen molar-refractivity contribution in [2.24, 2.45) is 23.7 Å². The average Bonchev–Trinajstić information content (AvgIpc) is 3.61. The van der Waals surface area contributed by atoms with Gasteiger partial charge in [0.25, 0.3) is 0 Å². The number of nitrogens with zero attached hydrogens (tertiary/aromatic N) is 4. The third-order valence-corrected chi connectivity index (χ3v) is 7.78. The molecular formula is C30H30N4O2. The molecule has 6 heteroatoms. The van der Waals surface area contributed by atoms with Crippen LogP contribution in [0.3, 0.4) is 0 Å². The maximum absolute atomic E-state index is 12.7. The van der Waals surface area contributed by atoms with E-state index in [4.69, 9.17) is 9.97 Å². The van der Waals surface area contributed by atoms with Gasteiger partial charge < -0.3 is 0 Å². The minimum atomic E-state index is 0.0347. The minimum Gasteiger partial charge on any atom is -0.274 e. The fourth-order valence-corrected chi connectivity index (χ4v) is 5.42. The Balaban J connectivity index is 1.18. The standard InChI is InChI=1S/C30H30N4O2/c1-17(2)23-13-27-31-25(15-33(27)29(23)35)21-9-5-19(6-10-21)20-7-11-22(12-8-20)26-16-34-28(32-26)14-24(18(3)4)30(34)36/h5-12,15-18,23-24H,13-14H2,1-4H3/t23-,24?/m1/s1. The molecule has 36 heavy (non-hydrogen) atoms. The van der Waals surface area contributed by atoms with Crippen molar-refractivity contribution in [2.45, 2.75) is 40.5 Å². The molecule has 0 fully saturated rings. The van der Waals surface area contributed by atoms with E-state index in [1.807, 2.05) is 12.4 Å². The van der Waals surface area contributed by atoms with Crippen LogP contribution in [0, 0.1) is 23.7 Å². The summed E-state index contributed by atoms with van der Waals surface area (Å²) in [5.41, 5.74) is 5.89. The van der Waals surface area contributed by atoms with E-state index in [0.717, 1.165) is 45.3 Å². The molecule has 0 bridgehead atoms.